The second-order valence-electron chi connectivity index (χ2n) is 7.76. The Morgan fingerprint density at radius 1 is 1.06 bits per heavy atom. The number of fused-ring (bicyclic) bond motifs is 1. The quantitative estimate of drug-likeness (QED) is 0.309. The second-order valence-corrected chi connectivity index (χ2v) is 8.75. The summed E-state index contributed by atoms with van der Waals surface area (Å²) in [6.45, 7) is 4.71. The minimum atomic E-state index is -0.127. The molecule has 0 aliphatic heterocycles. The highest BCUT2D eigenvalue weighted by atomic mass is 35.5. The van der Waals surface area contributed by atoms with Gasteiger partial charge in [-0.2, -0.15) is 0 Å². The number of ether oxygens (including phenoxy) is 1. The number of hydrogen-bond donors (Lipinski definition) is 3. The van der Waals surface area contributed by atoms with E-state index in [1.165, 1.54) is 18.4 Å². The molecule has 2 aromatic carbocycles. The zero-order valence-corrected chi connectivity index (χ0v) is 19.7. The highest BCUT2D eigenvalue weighted by Gasteiger charge is 2.10. The molecular formula is C24H33ClN2O3S. The Hall–Kier alpha value is -1.86. The van der Waals surface area contributed by atoms with Gasteiger partial charge in [-0.3, -0.25) is 4.79 Å². The molecule has 3 aromatic rings. The number of aromatic nitrogens is 1. The van der Waals surface area contributed by atoms with Crippen LogP contribution in [0.15, 0.2) is 47.3 Å². The van der Waals surface area contributed by atoms with Crippen LogP contribution in [-0.2, 0) is 17.6 Å². The number of halogens is 1. The van der Waals surface area contributed by atoms with E-state index in [2.05, 4.69) is 41.5 Å². The summed E-state index contributed by atoms with van der Waals surface area (Å²) in [5, 5.41) is 13.4. The van der Waals surface area contributed by atoms with Gasteiger partial charge in [-0.25, -0.2) is 0 Å². The number of aromatic hydroxyl groups is 1. The van der Waals surface area contributed by atoms with Crippen molar-refractivity contribution in [1.82, 2.24) is 10.3 Å². The Morgan fingerprint density at radius 2 is 1.87 bits per heavy atom. The molecule has 170 valence electrons. The topological polar surface area (TPSA) is 74.3 Å². The molecule has 1 heterocycles. The Balaban J connectivity index is 0.00000341. The fraction of sp³-hybridized carbons (Fsp3) is 0.458. The van der Waals surface area contributed by atoms with Crippen molar-refractivity contribution in [3.05, 3.63) is 63.3 Å². The summed E-state index contributed by atoms with van der Waals surface area (Å²) in [5.41, 5.74) is 2.98. The standard InChI is InChI=1S/C24H32N2O3S.ClH/c1-18(8-4-3-7-16-29-17-14-19-9-5-2-6-10-19)25-15-13-20-11-12-21(27)22-23(20)30-24(28)26-22;/h2,5-6,9-12,18,25,27H,3-4,7-8,13-17H2,1H3,(H,26,28);1H/t18-;/m1./s1. The summed E-state index contributed by atoms with van der Waals surface area (Å²) < 4.78 is 6.61. The lowest BCUT2D eigenvalue weighted by atomic mass is 10.1. The Morgan fingerprint density at radius 3 is 2.68 bits per heavy atom. The van der Waals surface area contributed by atoms with Crippen molar-refractivity contribution in [1.29, 1.82) is 0 Å². The zero-order chi connectivity index (χ0) is 21.2. The molecule has 0 bridgehead atoms. The number of thiazole rings is 1. The third kappa shape index (κ3) is 8.30. The van der Waals surface area contributed by atoms with Crippen molar-refractivity contribution in [2.24, 2.45) is 0 Å². The van der Waals surface area contributed by atoms with E-state index in [1.807, 2.05) is 12.1 Å². The normalized spacial score (nSPS) is 12.0. The van der Waals surface area contributed by atoms with Crippen LogP contribution in [0.25, 0.3) is 10.2 Å². The van der Waals surface area contributed by atoms with Crippen LogP contribution in [0.2, 0.25) is 0 Å². The summed E-state index contributed by atoms with van der Waals surface area (Å²) in [7, 11) is 0. The third-order valence-electron chi connectivity index (χ3n) is 5.33. The Bertz CT molecular complexity index is 958. The number of phenolic OH excluding ortho intramolecular Hbond substituents is 1. The first kappa shape index (κ1) is 25.4. The molecule has 7 heteroatoms. The molecule has 5 nitrogen and oxygen atoms in total. The summed E-state index contributed by atoms with van der Waals surface area (Å²) in [6.07, 6.45) is 6.46. The van der Waals surface area contributed by atoms with Gasteiger partial charge in [0.2, 0.25) is 0 Å². The van der Waals surface area contributed by atoms with Crippen LogP contribution in [0.3, 0.4) is 0 Å². The molecule has 0 aliphatic carbocycles. The SMILES string of the molecule is C[C@H](CCCCCOCCc1ccccc1)NCCc1ccc(O)c2[nH]c(=O)sc12.Cl. The van der Waals surface area contributed by atoms with Crippen molar-refractivity contribution in [2.75, 3.05) is 19.8 Å². The number of rotatable bonds is 13. The lowest BCUT2D eigenvalue weighted by Crippen LogP contribution is -2.28. The van der Waals surface area contributed by atoms with Gasteiger partial charge in [0.1, 0.15) is 11.3 Å². The van der Waals surface area contributed by atoms with E-state index in [0.717, 1.165) is 67.0 Å². The summed E-state index contributed by atoms with van der Waals surface area (Å²) in [5.74, 6) is 0.137. The predicted molar refractivity (Wildman–Crippen MR) is 132 cm³/mol. The lowest BCUT2D eigenvalue weighted by molar-refractivity contribution is 0.132. The molecule has 0 aliphatic rings. The van der Waals surface area contributed by atoms with E-state index in [4.69, 9.17) is 4.74 Å². The van der Waals surface area contributed by atoms with Crippen LogP contribution in [0.4, 0.5) is 0 Å². The molecule has 0 spiro atoms. The van der Waals surface area contributed by atoms with E-state index in [1.54, 1.807) is 6.07 Å². The first-order valence-electron chi connectivity index (χ1n) is 10.8. The lowest BCUT2D eigenvalue weighted by Gasteiger charge is -2.14. The van der Waals surface area contributed by atoms with Crippen molar-refractivity contribution >= 4 is 34.0 Å². The first-order valence-corrected chi connectivity index (χ1v) is 11.6. The summed E-state index contributed by atoms with van der Waals surface area (Å²) in [4.78, 5) is 14.2. The van der Waals surface area contributed by atoms with Gasteiger partial charge in [-0.15, -0.1) is 12.4 Å². The highest BCUT2D eigenvalue weighted by molar-refractivity contribution is 7.16. The fourth-order valence-corrected chi connectivity index (χ4v) is 4.49. The number of hydrogen-bond acceptors (Lipinski definition) is 5. The number of aromatic amines is 1. The molecule has 0 unspecified atom stereocenters. The molecular weight excluding hydrogens is 432 g/mol. The largest absolute Gasteiger partial charge is 0.506 e. The number of nitrogens with one attached hydrogen (secondary N) is 2. The van der Waals surface area contributed by atoms with E-state index < -0.39 is 0 Å². The molecule has 0 fully saturated rings. The minimum absolute atomic E-state index is 0. The van der Waals surface area contributed by atoms with Gasteiger partial charge in [0.15, 0.2) is 0 Å². The van der Waals surface area contributed by atoms with E-state index in [9.17, 15) is 9.90 Å². The van der Waals surface area contributed by atoms with Crippen molar-refractivity contribution in [3.63, 3.8) is 0 Å². The van der Waals surface area contributed by atoms with E-state index in [-0.39, 0.29) is 23.0 Å². The average molecular weight is 465 g/mol. The van der Waals surface area contributed by atoms with Gasteiger partial charge >= 0.3 is 4.87 Å². The average Bonchev–Trinajstić information content (AvgIpc) is 3.15. The number of benzene rings is 2. The van der Waals surface area contributed by atoms with Crippen LogP contribution in [0, 0.1) is 0 Å². The third-order valence-corrected chi connectivity index (χ3v) is 6.29. The molecule has 1 aromatic heterocycles. The van der Waals surface area contributed by atoms with Crippen molar-refractivity contribution in [3.8, 4) is 5.75 Å². The molecule has 0 amide bonds. The van der Waals surface area contributed by atoms with E-state index >= 15 is 0 Å². The molecule has 0 saturated heterocycles. The predicted octanol–water partition coefficient (Wildman–Crippen LogP) is 5.06. The second kappa shape index (κ2) is 13.5. The number of phenols is 1. The number of H-pyrrole nitrogens is 1. The molecule has 3 N–H and O–H groups in total. The van der Waals surface area contributed by atoms with Gasteiger partial charge in [0, 0.05) is 12.6 Å². The van der Waals surface area contributed by atoms with Crippen molar-refractivity contribution < 1.29 is 9.84 Å². The van der Waals surface area contributed by atoms with Crippen molar-refractivity contribution in [2.45, 2.75) is 51.5 Å². The monoisotopic (exact) mass is 464 g/mol. The number of unbranched alkanes of at least 4 members (excludes halogenated alkanes) is 2. The van der Waals surface area contributed by atoms with Gasteiger partial charge in [-0.1, -0.05) is 60.6 Å². The molecule has 31 heavy (non-hydrogen) atoms. The van der Waals surface area contributed by atoms with Crippen LogP contribution in [0.5, 0.6) is 5.75 Å². The maximum Gasteiger partial charge on any atom is 0.305 e. The van der Waals surface area contributed by atoms with Crippen LogP contribution in [-0.4, -0.2) is 35.9 Å². The van der Waals surface area contributed by atoms with Crippen LogP contribution in [0.1, 0.15) is 43.7 Å². The zero-order valence-electron chi connectivity index (χ0n) is 18.1. The highest BCUT2D eigenvalue weighted by Crippen LogP contribution is 2.27. The van der Waals surface area contributed by atoms with Gasteiger partial charge in [0.05, 0.1) is 11.3 Å². The van der Waals surface area contributed by atoms with Crippen LogP contribution >= 0.6 is 23.7 Å². The molecule has 0 saturated carbocycles. The maximum atomic E-state index is 11.6. The summed E-state index contributed by atoms with van der Waals surface area (Å²) >= 11 is 1.16. The molecule has 1 atom stereocenters. The molecule has 0 radical (unpaired) electrons. The minimum Gasteiger partial charge on any atom is -0.506 e. The Kier molecular flexibility index (Phi) is 11.1. The van der Waals surface area contributed by atoms with Gasteiger partial charge in [0.25, 0.3) is 0 Å². The Labute approximate surface area is 194 Å². The fourth-order valence-electron chi connectivity index (χ4n) is 3.59. The van der Waals surface area contributed by atoms with Gasteiger partial charge < -0.3 is 20.1 Å². The van der Waals surface area contributed by atoms with E-state index in [0.29, 0.717) is 11.6 Å². The maximum absolute atomic E-state index is 11.6. The smallest absolute Gasteiger partial charge is 0.305 e. The van der Waals surface area contributed by atoms with Gasteiger partial charge in [-0.05, 0) is 56.3 Å². The van der Waals surface area contributed by atoms with Crippen LogP contribution < -0.4 is 10.2 Å². The summed E-state index contributed by atoms with van der Waals surface area (Å²) in [6, 6.07) is 14.5. The first-order chi connectivity index (χ1) is 14.6. The molecule has 3 rings (SSSR count).